The highest BCUT2D eigenvalue weighted by Gasteiger charge is 2.36. The summed E-state index contributed by atoms with van der Waals surface area (Å²) in [6.07, 6.45) is 5.29. The van der Waals surface area contributed by atoms with E-state index in [-0.39, 0.29) is 0 Å². The fourth-order valence-electron chi connectivity index (χ4n) is 3.32. The van der Waals surface area contributed by atoms with Crippen molar-refractivity contribution in [3.63, 3.8) is 0 Å². The lowest BCUT2D eigenvalue weighted by molar-refractivity contribution is 0.156. The summed E-state index contributed by atoms with van der Waals surface area (Å²) in [7, 11) is 0. The lowest BCUT2D eigenvalue weighted by Gasteiger charge is -2.35. The van der Waals surface area contributed by atoms with E-state index in [0.717, 1.165) is 19.0 Å². The molecule has 0 radical (unpaired) electrons. The number of rotatable bonds is 5. The molecule has 19 heavy (non-hydrogen) atoms. The molecule has 2 fully saturated rings. The lowest BCUT2D eigenvalue weighted by Crippen LogP contribution is -2.45. The van der Waals surface area contributed by atoms with Gasteiger partial charge in [0, 0.05) is 32.2 Å². The Labute approximate surface area is 117 Å². The van der Waals surface area contributed by atoms with Crippen molar-refractivity contribution in [3.8, 4) is 0 Å². The zero-order chi connectivity index (χ0) is 13.1. The summed E-state index contributed by atoms with van der Waals surface area (Å²) in [6, 6.07) is 10.1. The molecule has 1 saturated carbocycles. The Morgan fingerprint density at radius 2 is 1.84 bits per heavy atom. The van der Waals surface area contributed by atoms with Crippen LogP contribution in [0.5, 0.6) is 0 Å². The Morgan fingerprint density at radius 1 is 1.16 bits per heavy atom. The molecule has 3 rings (SSSR count). The first kappa shape index (κ1) is 13.1. The van der Waals surface area contributed by atoms with Crippen molar-refractivity contribution in [1.29, 1.82) is 0 Å². The van der Waals surface area contributed by atoms with Gasteiger partial charge in [-0.25, -0.2) is 0 Å². The van der Waals surface area contributed by atoms with Crippen molar-refractivity contribution < 1.29 is 0 Å². The van der Waals surface area contributed by atoms with Gasteiger partial charge in [0.25, 0.3) is 0 Å². The number of benzene rings is 1. The van der Waals surface area contributed by atoms with Crippen LogP contribution in [0.1, 0.15) is 43.4 Å². The molecular weight excluding hydrogens is 232 g/mol. The molecule has 2 aliphatic rings. The number of aryl methyl sites for hydroxylation is 1. The summed E-state index contributed by atoms with van der Waals surface area (Å²) in [6.45, 7) is 6.96. The summed E-state index contributed by atoms with van der Waals surface area (Å²) in [4.78, 5) is 2.70. The fourth-order valence-corrected chi connectivity index (χ4v) is 3.32. The Morgan fingerprint density at radius 3 is 2.42 bits per heavy atom. The second-order valence-corrected chi connectivity index (χ2v) is 6.06. The van der Waals surface area contributed by atoms with Crippen LogP contribution in [0.15, 0.2) is 24.3 Å². The molecule has 1 unspecified atom stereocenters. The number of nitrogens with one attached hydrogen (secondary N) is 1. The molecule has 0 aromatic heterocycles. The largest absolute Gasteiger partial charge is 0.314 e. The smallest absolute Gasteiger partial charge is 0.0377 e. The van der Waals surface area contributed by atoms with E-state index in [1.165, 1.54) is 44.3 Å². The van der Waals surface area contributed by atoms with E-state index in [9.17, 15) is 0 Å². The van der Waals surface area contributed by atoms with E-state index in [4.69, 9.17) is 0 Å². The average Bonchev–Trinajstić information content (AvgIpc) is 3.27. The average molecular weight is 258 g/mol. The first-order chi connectivity index (χ1) is 9.38. The third kappa shape index (κ3) is 3.18. The van der Waals surface area contributed by atoms with Crippen LogP contribution in [0.2, 0.25) is 0 Å². The van der Waals surface area contributed by atoms with Crippen LogP contribution in [0.3, 0.4) is 0 Å². The summed E-state index contributed by atoms with van der Waals surface area (Å²) in [5, 5.41) is 3.46. The van der Waals surface area contributed by atoms with Crippen molar-refractivity contribution in [1.82, 2.24) is 10.2 Å². The number of nitrogens with zero attached hydrogens (tertiary/aromatic N) is 1. The fraction of sp³-hybridized carbons (Fsp3) is 0.647. The van der Waals surface area contributed by atoms with E-state index in [1.54, 1.807) is 5.56 Å². The molecular formula is C17H26N2. The first-order valence-electron chi connectivity index (χ1n) is 7.92. The third-order valence-corrected chi connectivity index (χ3v) is 4.47. The molecule has 2 heteroatoms. The van der Waals surface area contributed by atoms with Crippen molar-refractivity contribution in [2.24, 2.45) is 5.92 Å². The molecule has 104 valence electrons. The van der Waals surface area contributed by atoms with Gasteiger partial charge in [0.15, 0.2) is 0 Å². The van der Waals surface area contributed by atoms with Crippen LogP contribution < -0.4 is 5.32 Å². The Bertz CT molecular complexity index is 388. The Balaban J connectivity index is 1.75. The van der Waals surface area contributed by atoms with Crippen LogP contribution in [-0.4, -0.2) is 31.1 Å². The van der Waals surface area contributed by atoms with Gasteiger partial charge in [0.05, 0.1) is 0 Å². The van der Waals surface area contributed by atoms with Gasteiger partial charge >= 0.3 is 0 Å². The van der Waals surface area contributed by atoms with Gasteiger partial charge in [0.2, 0.25) is 0 Å². The molecule has 0 amide bonds. The highest BCUT2D eigenvalue weighted by atomic mass is 15.2. The van der Waals surface area contributed by atoms with E-state index in [2.05, 4.69) is 41.4 Å². The van der Waals surface area contributed by atoms with Crippen LogP contribution >= 0.6 is 0 Å². The Hall–Kier alpha value is -0.860. The molecule has 1 saturated heterocycles. The predicted molar refractivity (Wildman–Crippen MR) is 80.3 cm³/mol. The lowest BCUT2D eigenvalue weighted by atomic mass is 9.97. The molecule has 1 heterocycles. The monoisotopic (exact) mass is 258 g/mol. The summed E-state index contributed by atoms with van der Waals surface area (Å²) in [5.41, 5.74) is 3.03. The maximum Gasteiger partial charge on any atom is 0.0377 e. The first-order valence-corrected chi connectivity index (χ1v) is 7.92. The molecule has 1 N–H and O–H groups in total. The summed E-state index contributed by atoms with van der Waals surface area (Å²) < 4.78 is 0. The predicted octanol–water partition coefficient (Wildman–Crippen LogP) is 3.00. The normalized spacial score (nSPS) is 22.4. The third-order valence-electron chi connectivity index (χ3n) is 4.47. The molecule has 1 aromatic carbocycles. The van der Waals surface area contributed by atoms with Gasteiger partial charge in [-0.2, -0.15) is 0 Å². The number of hydrogen-bond donors (Lipinski definition) is 1. The molecule has 1 aliphatic carbocycles. The summed E-state index contributed by atoms with van der Waals surface area (Å²) >= 11 is 0. The van der Waals surface area contributed by atoms with Crippen molar-refractivity contribution >= 4 is 0 Å². The summed E-state index contributed by atoms with van der Waals surface area (Å²) in [5.74, 6) is 0.912. The van der Waals surface area contributed by atoms with Gasteiger partial charge in [-0.3, -0.25) is 4.90 Å². The topological polar surface area (TPSA) is 15.3 Å². The van der Waals surface area contributed by atoms with Gasteiger partial charge in [-0.15, -0.1) is 0 Å². The standard InChI is InChI=1S/C17H26N2/c1-2-3-14-4-6-15(7-5-14)17(16-8-9-16)19-12-10-18-11-13-19/h4-7,16-18H,2-3,8-13H2,1H3. The maximum absolute atomic E-state index is 3.46. The van der Waals surface area contributed by atoms with Gasteiger partial charge < -0.3 is 5.32 Å². The molecule has 0 bridgehead atoms. The van der Waals surface area contributed by atoms with E-state index < -0.39 is 0 Å². The zero-order valence-electron chi connectivity index (χ0n) is 12.1. The number of piperazine rings is 1. The minimum Gasteiger partial charge on any atom is -0.314 e. The van der Waals surface area contributed by atoms with Crippen molar-refractivity contribution in [2.75, 3.05) is 26.2 Å². The van der Waals surface area contributed by atoms with E-state index in [0.29, 0.717) is 6.04 Å². The molecule has 0 spiro atoms. The van der Waals surface area contributed by atoms with Gasteiger partial charge in [-0.1, -0.05) is 37.6 Å². The second-order valence-electron chi connectivity index (χ2n) is 6.06. The Kier molecular flexibility index (Phi) is 4.19. The van der Waals surface area contributed by atoms with E-state index >= 15 is 0 Å². The highest BCUT2D eigenvalue weighted by Crippen LogP contribution is 2.44. The van der Waals surface area contributed by atoms with E-state index in [1.807, 2.05) is 0 Å². The van der Waals surface area contributed by atoms with Crippen LogP contribution in [0.25, 0.3) is 0 Å². The van der Waals surface area contributed by atoms with Crippen LogP contribution in [0.4, 0.5) is 0 Å². The zero-order valence-corrected chi connectivity index (χ0v) is 12.1. The molecule has 2 nitrogen and oxygen atoms in total. The molecule has 1 atom stereocenters. The second kappa shape index (κ2) is 6.06. The maximum atomic E-state index is 3.46. The molecule has 1 aliphatic heterocycles. The van der Waals surface area contributed by atoms with Crippen LogP contribution in [-0.2, 0) is 6.42 Å². The van der Waals surface area contributed by atoms with Gasteiger partial charge in [-0.05, 0) is 36.3 Å². The SMILES string of the molecule is CCCc1ccc(C(C2CC2)N2CCNCC2)cc1. The quantitative estimate of drug-likeness (QED) is 0.873. The minimum absolute atomic E-state index is 0.678. The van der Waals surface area contributed by atoms with Crippen molar-refractivity contribution in [2.45, 2.75) is 38.6 Å². The highest BCUT2D eigenvalue weighted by molar-refractivity contribution is 5.26. The minimum atomic E-state index is 0.678. The van der Waals surface area contributed by atoms with Crippen LogP contribution in [0, 0.1) is 5.92 Å². The van der Waals surface area contributed by atoms with Crippen molar-refractivity contribution in [3.05, 3.63) is 35.4 Å². The van der Waals surface area contributed by atoms with Gasteiger partial charge in [0.1, 0.15) is 0 Å². The number of hydrogen-bond acceptors (Lipinski definition) is 2. The molecule has 1 aromatic rings.